The zero-order valence-corrected chi connectivity index (χ0v) is 18.8. The van der Waals surface area contributed by atoms with Gasteiger partial charge in [-0.15, -0.1) is 0 Å². The number of ether oxygens (including phenoxy) is 1. The summed E-state index contributed by atoms with van der Waals surface area (Å²) in [6, 6.07) is 9.84. The molecule has 1 spiro atoms. The molecular weight excluding hydrogens is 463 g/mol. The Balaban J connectivity index is 1.34. The lowest BCUT2D eigenvalue weighted by molar-refractivity contribution is -0.133. The van der Waals surface area contributed by atoms with E-state index < -0.39 is 36.0 Å². The van der Waals surface area contributed by atoms with Crippen molar-refractivity contribution in [1.29, 1.82) is 0 Å². The first kappa shape index (κ1) is 23.2. The van der Waals surface area contributed by atoms with Crippen LogP contribution in [0, 0.1) is 5.41 Å². The van der Waals surface area contributed by atoms with E-state index >= 15 is 0 Å². The normalized spacial score (nSPS) is 23.7. The van der Waals surface area contributed by atoms with Gasteiger partial charge in [0.15, 0.2) is 0 Å². The molecule has 3 aliphatic rings. The summed E-state index contributed by atoms with van der Waals surface area (Å²) in [4.78, 5) is 39.0. The molecule has 1 saturated heterocycles. The molecule has 0 radical (unpaired) electrons. The third-order valence-corrected chi connectivity index (χ3v) is 7.01. The van der Waals surface area contributed by atoms with Crippen LogP contribution in [-0.4, -0.2) is 49.6 Å². The molecule has 184 valence electrons. The number of nitrogens with one attached hydrogen (secondary N) is 2. The molecule has 0 bridgehead atoms. The standard InChI is InChI=1S/C25H24F3N3O4/c26-25(27,28)14-31-19-3-1-2-4-20(19)35-13-18(22(31)33)30-21(32)16-5-6-17-12-24(8-7-15(17)11-16)9-10-29-23(24)34/h1-6,11,18H,7-10,12-14H2,(H,29,34)(H,30,32). The van der Waals surface area contributed by atoms with E-state index in [4.69, 9.17) is 4.74 Å². The van der Waals surface area contributed by atoms with Crippen LogP contribution in [-0.2, 0) is 22.4 Å². The molecule has 2 aliphatic heterocycles. The maximum atomic E-state index is 13.2. The van der Waals surface area contributed by atoms with E-state index in [-0.39, 0.29) is 24.0 Å². The van der Waals surface area contributed by atoms with E-state index in [2.05, 4.69) is 10.6 Å². The highest BCUT2D eigenvalue weighted by molar-refractivity contribution is 6.03. The van der Waals surface area contributed by atoms with Crippen molar-refractivity contribution in [2.75, 3.05) is 24.6 Å². The molecule has 1 fully saturated rings. The number of rotatable bonds is 3. The van der Waals surface area contributed by atoms with Crippen LogP contribution in [0.2, 0.25) is 0 Å². The molecule has 0 saturated carbocycles. The highest BCUT2D eigenvalue weighted by Crippen LogP contribution is 2.41. The van der Waals surface area contributed by atoms with Gasteiger partial charge in [0.25, 0.3) is 11.8 Å². The highest BCUT2D eigenvalue weighted by Gasteiger charge is 2.44. The second-order valence-corrected chi connectivity index (χ2v) is 9.29. The lowest BCUT2D eigenvalue weighted by Gasteiger charge is -2.32. The van der Waals surface area contributed by atoms with Crippen LogP contribution in [0.5, 0.6) is 5.75 Å². The maximum Gasteiger partial charge on any atom is 0.406 e. The summed E-state index contributed by atoms with van der Waals surface area (Å²) in [5.41, 5.74) is 1.87. The number of nitrogens with zero attached hydrogens (tertiary/aromatic N) is 1. The third kappa shape index (κ3) is 4.44. The molecule has 5 rings (SSSR count). The fraction of sp³-hybridized carbons (Fsp3) is 0.400. The molecular formula is C25H24F3N3O4. The summed E-state index contributed by atoms with van der Waals surface area (Å²) in [6.07, 6.45) is -1.90. The van der Waals surface area contributed by atoms with Gasteiger partial charge in [0.1, 0.15) is 24.9 Å². The van der Waals surface area contributed by atoms with Crippen molar-refractivity contribution in [3.8, 4) is 5.75 Å². The van der Waals surface area contributed by atoms with Crippen LogP contribution in [0.3, 0.4) is 0 Å². The van der Waals surface area contributed by atoms with Gasteiger partial charge in [-0.05, 0) is 61.1 Å². The monoisotopic (exact) mass is 487 g/mol. The maximum absolute atomic E-state index is 13.2. The number of halogens is 3. The number of alkyl halides is 3. The Morgan fingerprint density at radius 2 is 1.94 bits per heavy atom. The number of carbonyl (C=O) groups excluding carboxylic acids is 3. The summed E-state index contributed by atoms with van der Waals surface area (Å²) >= 11 is 0. The summed E-state index contributed by atoms with van der Waals surface area (Å²) in [5.74, 6) is -1.26. The second-order valence-electron chi connectivity index (χ2n) is 9.29. The Morgan fingerprint density at radius 3 is 2.69 bits per heavy atom. The van der Waals surface area contributed by atoms with Crippen LogP contribution >= 0.6 is 0 Å². The predicted molar refractivity (Wildman–Crippen MR) is 120 cm³/mol. The number of anilines is 1. The third-order valence-electron chi connectivity index (χ3n) is 7.01. The number of amides is 3. The van der Waals surface area contributed by atoms with Crippen LogP contribution in [0.25, 0.3) is 0 Å². The van der Waals surface area contributed by atoms with E-state index in [1.54, 1.807) is 18.2 Å². The lowest BCUT2D eigenvalue weighted by atomic mass is 9.70. The molecule has 2 atom stereocenters. The van der Waals surface area contributed by atoms with Crippen molar-refractivity contribution in [3.05, 3.63) is 59.2 Å². The smallest absolute Gasteiger partial charge is 0.406 e. The van der Waals surface area contributed by atoms with Gasteiger partial charge in [0.05, 0.1) is 11.1 Å². The van der Waals surface area contributed by atoms with Crippen molar-refractivity contribution in [2.24, 2.45) is 5.41 Å². The van der Waals surface area contributed by atoms with Gasteiger partial charge in [-0.1, -0.05) is 18.2 Å². The molecule has 2 heterocycles. The summed E-state index contributed by atoms with van der Waals surface area (Å²) in [6.45, 7) is -1.12. The SMILES string of the molecule is O=C(NC1COc2ccccc2N(CC(F)(F)F)C1=O)c1ccc2c(c1)CCC1(CCNC1=O)C2. The predicted octanol–water partition coefficient (Wildman–Crippen LogP) is 2.77. The van der Waals surface area contributed by atoms with Crippen molar-refractivity contribution in [2.45, 2.75) is 37.9 Å². The number of hydrogen-bond donors (Lipinski definition) is 2. The molecule has 1 aliphatic carbocycles. The Morgan fingerprint density at radius 1 is 1.14 bits per heavy atom. The van der Waals surface area contributed by atoms with Gasteiger partial charge in [0.2, 0.25) is 5.91 Å². The summed E-state index contributed by atoms with van der Waals surface area (Å²) in [7, 11) is 0. The average molecular weight is 487 g/mol. The van der Waals surface area contributed by atoms with Crippen molar-refractivity contribution >= 4 is 23.4 Å². The molecule has 3 amide bonds. The molecule has 0 aromatic heterocycles. The molecule has 2 aromatic carbocycles. The molecule has 2 N–H and O–H groups in total. The minimum Gasteiger partial charge on any atom is -0.489 e. The van der Waals surface area contributed by atoms with E-state index in [9.17, 15) is 27.6 Å². The number of fused-ring (bicyclic) bond motifs is 2. The van der Waals surface area contributed by atoms with Crippen molar-refractivity contribution < 1.29 is 32.3 Å². The Hall–Kier alpha value is -3.56. The van der Waals surface area contributed by atoms with E-state index in [0.29, 0.717) is 36.3 Å². The number of para-hydroxylation sites is 2. The summed E-state index contributed by atoms with van der Waals surface area (Å²) < 4.78 is 45.3. The molecule has 7 nitrogen and oxygen atoms in total. The van der Waals surface area contributed by atoms with Gasteiger partial charge in [-0.25, -0.2) is 0 Å². The second kappa shape index (κ2) is 8.58. The zero-order valence-electron chi connectivity index (χ0n) is 18.8. The van der Waals surface area contributed by atoms with Gasteiger partial charge in [-0.3, -0.25) is 19.3 Å². The summed E-state index contributed by atoms with van der Waals surface area (Å²) in [5, 5.41) is 5.45. The fourth-order valence-electron chi connectivity index (χ4n) is 5.16. The largest absolute Gasteiger partial charge is 0.489 e. The first-order chi connectivity index (χ1) is 16.7. The van der Waals surface area contributed by atoms with E-state index in [0.717, 1.165) is 17.5 Å². The van der Waals surface area contributed by atoms with Crippen LogP contribution in [0.15, 0.2) is 42.5 Å². The van der Waals surface area contributed by atoms with Crippen molar-refractivity contribution in [1.82, 2.24) is 10.6 Å². The van der Waals surface area contributed by atoms with Gasteiger partial charge >= 0.3 is 6.18 Å². The average Bonchev–Trinajstić information content (AvgIpc) is 3.11. The van der Waals surface area contributed by atoms with Crippen LogP contribution < -0.4 is 20.3 Å². The fourth-order valence-corrected chi connectivity index (χ4v) is 5.16. The molecule has 2 aromatic rings. The number of benzene rings is 2. The van der Waals surface area contributed by atoms with Crippen molar-refractivity contribution in [3.63, 3.8) is 0 Å². The Kier molecular flexibility index (Phi) is 5.69. The Labute approximate surface area is 199 Å². The van der Waals surface area contributed by atoms with Crippen LogP contribution in [0.1, 0.15) is 34.3 Å². The van der Waals surface area contributed by atoms with Gasteiger partial charge in [0, 0.05) is 12.1 Å². The first-order valence-corrected chi connectivity index (χ1v) is 11.5. The lowest BCUT2D eigenvalue weighted by Crippen LogP contribution is -2.52. The van der Waals surface area contributed by atoms with Crippen LogP contribution in [0.4, 0.5) is 18.9 Å². The first-order valence-electron chi connectivity index (χ1n) is 11.5. The highest BCUT2D eigenvalue weighted by atomic mass is 19.4. The number of hydrogen-bond acceptors (Lipinski definition) is 4. The topological polar surface area (TPSA) is 87.7 Å². The molecule has 35 heavy (non-hydrogen) atoms. The number of carbonyl (C=O) groups is 3. The number of aryl methyl sites for hydroxylation is 1. The van der Waals surface area contributed by atoms with E-state index in [1.807, 2.05) is 6.07 Å². The quantitative estimate of drug-likeness (QED) is 0.697. The zero-order chi connectivity index (χ0) is 24.8. The minimum atomic E-state index is -4.63. The van der Waals surface area contributed by atoms with Gasteiger partial charge in [-0.2, -0.15) is 13.2 Å². The Bertz CT molecular complexity index is 1200. The molecule has 2 unspecified atom stereocenters. The minimum absolute atomic E-state index is 0.00485. The van der Waals surface area contributed by atoms with E-state index in [1.165, 1.54) is 18.2 Å². The van der Waals surface area contributed by atoms with Gasteiger partial charge < -0.3 is 15.4 Å². The molecule has 10 heteroatoms.